The lowest BCUT2D eigenvalue weighted by Gasteiger charge is -2.31. The van der Waals surface area contributed by atoms with E-state index in [0.717, 1.165) is 25.9 Å². The molecule has 1 fully saturated rings. The molecule has 2 aromatic carbocycles. The zero-order chi connectivity index (χ0) is 19.7. The molecule has 0 saturated carbocycles. The average Bonchev–Trinajstić information content (AvgIpc) is 2.91. The van der Waals surface area contributed by atoms with Crippen LogP contribution in [0.5, 0.6) is 5.75 Å². The number of carbonyl (C=O) groups excluding carboxylic acids is 2. The molecule has 2 aliphatic rings. The average molecular weight is 380 g/mol. The lowest BCUT2D eigenvalue weighted by Crippen LogP contribution is -2.47. The van der Waals surface area contributed by atoms with Crippen LogP contribution in [0.4, 0.5) is 5.69 Å². The Morgan fingerprint density at radius 1 is 1.00 bits per heavy atom. The molecular weight excluding hydrogens is 356 g/mol. The second kappa shape index (κ2) is 7.37. The summed E-state index contributed by atoms with van der Waals surface area (Å²) in [5.74, 6) is -1.10. The molecule has 6 heteroatoms. The van der Waals surface area contributed by atoms with E-state index in [4.69, 9.17) is 0 Å². The van der Waals surface area contributed by atoms with Crippen molar-refractivity contribution < 1.29 is 19.8 Å². The van der Waals surface area contributed by atoms with Gasteiger partial charge in [0.25, 0.3) is 5.91 Å². The maximum absolute atomic E-state index is 13.2. The molecule has 2 aliphatic heterocycles. The number of anilines is 1. The third-order valence-corrected chi connectivity index (χ3v) is 5.65. The molecule has 2 heterocycles. The molecule has 1 atom stereocenters. The number of Topliss-reactive ketones (excluding diaryl/α,β-unsaturated/α-hetero) is 1. The van der Waals surface area contributed by atoms with Gasteiger partial charge in [-0.1, -0.05) is 36.8 Å². The Labute approximate surface area is 164 Å². The minimum Gasteiger partial charge on any atom is -0.507 e. The smallest absolute Gasteiger partial charge is 0.265 e. The number of aliphatic hydroxyl groups is 1. The monoisotopic (exact) mass is 380 g/mol. The van der Waals surface area contributed by atoms with Crippen molar-refractivity contribution in [2.24, 2.45) is 0 Å². The Morgan fingerprint density at radius 3 is 2.43 bits per heavy atom. The molecule has 2 N–H and O–H groups in total. The molecule has 146 valence electrons. The molecule has 0 aromatic heterocycles. The first kappa shape index (κ1) is 18.7. The van der Waals surface area contributed by atoms with Gasteiger partial charge in [0, 0.05) is 5.56 Å². The lowest BCUT2D eigenvalue weighted by atomic mass is 9.88. The zero-order valence-corrected chi connectivity index (χ0v) is 15.7. The maximum atomic E-state index is 13.2. The second-order valence-corrected chi connectivity index (χ2v) is 7.55. The molecule has 0 bridgehead atoms. The quantitative estimate of drug-likeness (QED) is 0.780. The Hall–Kier alpha value is -2.70. The first-order valence-corrected chi connectivity index (χ1v) is 9.68. The predicted molar refractivity (Wildman–Crippen MR) is 105 cm³/mol. The summed E-state index contributed by atoms with van der Waals surface area (Å²) in [4.78, 5) is 29.8. The third-order valence-electron chi connectivity index (χ3n) is 5.65. The van der Waals surface area contributed by atoms with Gasteiger partial charge in [-0.3, -0.25) is 19.4 Å². The van der Waals surface area contributed by atoms with Crippen molar-refractivity contribution >= 4 is 17.4 Å². The summed E-state index contributed by atoms with van der Waals surface area (Å²) in [5.41, 5.74) is -0.728. The number of amides is 1. The van der Waals surface area contributed by atoms with Gasteiger partial charge < -0.3 is 10.2 Å². The van der Waals surface area contributed by atoms with E-state index < -0.39 is 23.7 Å². The number of phenolic OH excluding ortho intramolecular Hbond substituents is 1. The number of benzene rings is 2. The van der Waals surface area contributed by atoms with Crippen LogP contribution in [-0.4, -0.2) is 46.6 Å². The Kier molecular flexibility index (Phi) is 4.91. The number of rotatable bonds is 5. The van der Waals surface area contributed by atoms with Gasteiger partial charge in [-0.15, -0.1) is 0 Å². The number of phenols is 1. The zero-order valence-electron chi connectivity index (χ0n) is 15.7. The summed E-state index contributed by atoms with van der Waals surface area (Å²) in [6.45, 7) is 2.24. The normalized spacial score (nSPS) is 22.3. The summed E-state index contributed by atoms with van der Waals surface area (Å²) < 4.78 is 0. The summed E-state index contributed by atoms with van der Waals surface area (Å²) >= 11 is 0. The van der Waals surface area contributed by atoms with Crippen molar-refractivity contribution in [2.45, 2.75) is 31.3 Å². The number of fused-ring (bicyclic) bond motifs is 1. The fourth-order valence-electron chi connectivity index (χ4n) is 4.16. The molecule has 0 radical (unpaired) electrons. The number of ketones is 1. The van der Waals surface area contributed by atoms with Crippen LogP contribution >= 0.6 is 0 Å². The van der Waals surface area contributed by atoms with Crippen LogP contribution in [0.15, 0.2) is 48.5 Å². The van der Waals surface area contributed by atoms with Gasteiger partial charge in [-0.25, -0.2) is 0 Å². The molecular formula is C22H24N2O4. The number of likely N-dealkylation sites (tertiary alicyclic amines) is 1. The predicted octanol–water partition coefficient (Wildman–Crippen LogP) is 2.64. The summed E-state index contributed by atoms with van der Waals surface area (Å²) in [7, 11) is 0. The Morgan fingerprint density at radius 2 is 1.68 bits per heavy atom. The Balaban J connectivity index is 1.64. The first-order chi connectivity index (χ1) is 13.5. The highest BCUT2D eigenvalue weighted by Crippen LogP contribution is 2.43. The van der Waals surface area contributed by atoms with Crippen molar-refractivity contribution in [1.82, 2.24) is 4.90 Å². The van der Waals surface area contributed by atoms with E-state index in [1.54, 1.807) is 35.2 Å². The molecule has 0 aliphatic carbocycles. The van der Waals surface area contributed by atoms with Crippen molar-refractivity contribution in [3.8, 4) is 5.75 Å². The van der Waals surface area contributed by atoms with Crippen LogP contribution < -0.4 is 4.90 Å². The van der Waals surface area contributed by atoms with Crippen LogP contribution in [0.3, 0.4) is 0 Å². The number of carbonyl (C=O) groups is 2. The summed E-state index contributed by atoms with van der Waals surface area (Å²) in [6.07, 6.45) is 2.98. The van der Waals surface area contributed by atoms with Crippen LogP contribution in [0.1, 0.15) is 41.6 Å². The molecule has 4 rings (SSSR count). The number of aromatic hydroxyl groups is 1. The van der Waals surface area contributed by atoms with Crippen LogP contribution in [0, 0.1) is 0 Å². The van der Waals surface area contributed by atoms with Crippen molar-refractivity contribution in [3.63, 3.8) is 0 Å². The molecule has 28 heavy (non-hydrogen) atoms. The van der Waals surface area contributed by atoms with Gasteiger partial charge in [-0.05, 0) is 44.1 Å². The van der Waals surface area contributed by atoms with E-state index in [1.165, 1.54) is 18.6 Å². The van der Waals surface area contributed by atoms with Gasteiger partial charge in [0.15, 0.2) is 11.4 Å². The van der Waals surface area contributed by atoms with Gasteiger partial charge >= 0.3 is 0 Å². The number of para-hydroxylation sites is 2. The molecule has 0 spiro atoms. The van der Waals surface area contributed by atoms with Gasteiger partial charge in [-0.2, -0.15) is 0 Å². The van der Waals surface area contributed by atoms with Crippen molar-refractivity contribution in [3.05, 3.63) is 59.7 Å². The van der Waals surface area contributed by atoms with E-state index >= 15 is 0 Å². The maximum Gasteiger partial charge on any atom is 0.265 e. The van der Waals surface area contributed by atoms with Crippen LogP contribution in [-0.2, 0) is 10.4 Å². The van der Waals surface area contributed by atoms with Crippen LogP contribution in [0.25, 0.3) is 0 Å². The van der Waals surface area contributed by atoms with Gasteiger partial charge in [0.2, 0.25) is 0 Å². The Bertz CT molecular complexity index is 907. The fourth-order valence-corrected chi connectivity index (χ4v) is 4.16. The van der Waals surface area contributed by atoms with E-state index in [2.05, 4.69) is 4.90 Å². The molecule has 1 saturated heterocycles. The highest BCUT2D eigenvalue weighted by atomic mass is 16.3. The van der Waals surface area contributed by atoms with Crippen molar-refractivity contribution in [2.75, 3.05) is 24.7 Å². The number of hydrogen-bond acceptors (Lipinski definition) is 5. The standard InChI is InChI=1S/C22H24N2O4/c25-19-11-5-2-8-16(19)20(26)14-22(28)17-9-3-4-10-18(17)24(21(22)27)15-23-12-6-1-7-13-23/h2-5,8-11,25,28H,1,6-7,12-15H2/t22-/m1/s1. The van der Waals surface area contributed by atoms with E-state index in [9.17, 15) is 19.8 Å². The summed E-state index contributed by atoms with van der Waals surface area (Å²) in [6, 6.07) is 13.3. The number of nitrogens with zero attached hydrogens (tertiary/aromatic N) is 2. The first-order valence-electron chi connectivity index (χ1n) is 9.68. The van der Waals surface area contributed by atoms with Gasteiger partial charge in [0.1, 0.15) is 5.75 Å². The molecule has 0 unspecified atom stereocenters. The largest absolute Gasteiger partial charge is 0.507 e. The number of piperidine rings is 1. The molecule has 6 nitrogen and oxygen atoms in total. The van der Waals surface area contributed by atoms with E-state index in [-0.39, 0.29) is 11.3 Å². The topological polar surface area (TPSA) is 81.1 Å². The fraction of sp³-hybridized carbons (Fsp3) is 0.364. The SMILES string of the molecule is O=C(C[C@]1(O)C(=O)N(CN2CCCCC2)c2ccccc21)c1ccccc1O. The molecule has 2 aromatic rings. The van der Waals surface area contributed by atoms with E-state index in [0.29, 0.717) is 17.9 Å². The van der Waals surface area contributed by atoms with Crippen LogP contribution in [0.2, 0.25) is 0 Å². The number of hydrogen-bond donors (Lipinski definition) is 2. The van der Waals surface area contributed by atoms with Crippen molar-refractivity contribution in [1.29, 1.82) is 0 Å². The lowest BCUT2D eigenvalue weighted by molar-refractivity contribution is -0.136. The van der Waals surface area contributed by atoms with Gasteiger partial charge in [0.05, 0.1) is 24.3 Å². The third kappa shape index (κ3) is 3.19. The highest BCUT2D eigenvalue weighted by Gasteiger charge is 2.51. The second-order valence-electron chi connectivity index (χ2n) is 7.55. The minimum absolute atomic E-state index is 0.107. The summed E-state index contributed by atoms with van der Waals surface area (Å²) in [5, 5.41) is 21.3. The van der Waals surface area contributed by atoms with E-state index in [1.807, 2.05) is 6.07 Å². The highest BCUT2D eigenvalue weighted by molar-refractivity contribution is 6.11. The molecule has 1 amide bonds. The minimum atomic E-state index is -1.92.